The molecule has 0 aliphatic carbocycles. The van der Waals surface area contributed by atoms with E-state index in [9.17, 15) is 0 Å². The zero-order valence-electron chi connectivity index (χ0n) is 21.4. The van der Waals surface area contributed by atoms with Crippen LogP contribution in [-0.4, -0.2) is 69.5 Å². The monoisotopic (exact) mass is 508 g/mol. The van der Waals surface area contributed by atoms with Gasteiger partial charge >= 0.3 is 0 Å². The first-order valence-corrected chi connectivity index (χ1v) is 12.0. The summed E-state index contributed by atoms with van der Waals surface area (Å²) >= 11 is 0. The summed E-state index contributed by atoms with van der Waals surface area (Å²) in [5, 5.41) is 10.6. The fraction of sp³-hybridized carbons (Fsp3) is 0.214. The number of aromatic amines is 2. The Morgan fingerprint density at radius 2 is 2.00 bits per heavy atom. The number of ether oxygens (including phenoxy) is 2. The van der Waals surface area contributed by atoms with E-state index in [2.05, 4.69) is 55.5 Å². The molecule has 0 bridgehead atoms. The van der Waals surface area contributed by atoms with Gasteiger partial charge in [0.05, 0.1) is 42.8 Å². The van der Waals surface area contributed by atoms with Crippen LogP contribution in [0.1, 0.15) is 11.1 Å². The molecule has 10 heteroatoms. The molecule has 3 N–H and O–H groups in total. The Labute approximate surface area is 220 Å². The van der Waals surface area contributed by atoms with Crippen molar-refractivity contribution in [1.29, 1.82) is 0 Å². The maximum atomic E-state index is 5.56. The van der Waals surface area contributed by atoms with Crippen LogP contribution in [0.3, 0.4) is 0 Å². The average Bonchev–Trinajstić information content (AvgIpc) is 3.58. The Bertz CT molecular complexity index is 1600. The quantitative estimate of drug-likeness (QED) is 0.240. The first-order valence-electron chi connectivity index (χ1n) is 12.0. The Morgan fingerprint density at radius 3 is 2.82 bits per heavy atom. The van der Waals surface area contributed by atoms with Crippen molar-refractivity contribution in [2.45, 2.75) is 6.54 Å². The standard InChI is InChI=1S/C28H28N8O2/c1-5-18-7-6-8-20(13-18)26-29-16-24(38-4)27(34-26)33-23-15-30-35-25(23)28-31-21-10-9-19(14-22(21)32-28)17-36(2)11-12-37-3/h1,6-10,13-16H,11-12,17H2,2-4H3,(H,30,35)(H,31,32)(H,29,33,34). The predicted octanol–water partition coefficient (Wildman–Crippen LogP) is 4.22. The molecule has 0 aliphatic heterocycles. The van der Waals surface area contributed by atoms with E-state index >= 15 is 0 Å². The third-order valence-corrected chi connectivity index (χ3v) is 6.07. The van der Waals surface area contributed by atoms with Crippen LogP contribution in [0.25, 0.3) is 33.9 Å². The minimum atomic E-state index is 0.487. The molecular weight excluding hydrogens is 480 g/mol. The molecule has 0 aliphatic rings. The van der Waals surface area contributed by atoms with Gasteiger partial charge in [-0.3, -0.25) is 10.00 Å². The van der Waals surface area contributed by atoms with E-state index in [0.29, 0.717) is 41.2 Å². The van der Waals surface area contributed by atoms with Crippen molar-refractivity contribution in [2.75, 3.05) is 39.7 Å². The van der Waals surface area contributed by atoms with Gasteiger partial charge < -0.3 is 19.8 Å². The van der Waals surface area contributed by atoms with Gasteiger partial charge in [-0.1, -0.05) is 24.1 Å². The summed E-state index contributed by atoms with van der Waals surface area (Å²) in [6, 6.07) is 13.7. The lowest BCUT2D eigenvalue weighted by Gasteiger charge is -2.15. The number of benzene rings is 2. The van der Waals surface area contributed by atoms with E-state index < -0.39 is 0 Å². The number of H-pyrrole nitrogens is 2. The molecule has 0 radical (unpaired) electrons. The number of methoxy groups -OCH3 is 2. The lowest BCUT2D eigenvalue weighted by molar-refractivity contribution is 0.158. The highest BCUT2D eigenvalue weighted by molar-refractivity contribution is 5.83. The van der Waals surface area contributed by atoms with Crippen molar-refractivity contribution in [2.24, 2.45) is 0 Å². The van der Waals surface area contributed by atoms with Gasteiger partial charge in [0, 0.05) is 31.3 Å². The van der Waals surface area contributed by atoms with Crippen molar-refractivity contribution in [3.8, 4) is 41.0 Å². The number of likely N-dealkylation sites (N-methyl/N-ethyl adjacent to an activating group) is 1. The molecule has 0 fully saturated rings. The summed E-state index contributed by atoms with van der Waals surface area (Å²) in [6.45, 7) is 2.36. The summed E-state index contributed by atoms with van der Waals surface area (Å²) < 4.78 is 10.7. The first kappa shape index (κ1) is 25.0. The third kappa shape index (κ3) is 5.34. The van der Waals surface area contributed by atoms with Crippen LogP contribution in [-0.2, 0) is 11.3 Å². The van der Waals surface area contributed by atoms with E-state index in [0.717, 1.165) is 35.2 Å². The lowest BCUT2D eigenvalue weighted by atomic mass is 10.1. The summed E-state index contributed by atoms with van der Waals surface area (Å²) in [5.74, 6) is 4.79. The normalized spacial score (nSPS) is 11.1. The molecule has 192 valence electrons. The summed E-state index contributed by atoms with van der Waals surface area (Å²) in [5.41, 5.74) is 5.91. The van der Waals surface area contributed by atoms with Gasteiger partial charge in [-0.05, 0) is 36.9 Å². The largest absolute Gasteiger partial charge is 0.491 e. The topological polar surface area (TPSA) is 117 Å². The Balaban J connectivity index is 1.42. The predicted molar refractivity (Wildman–Crippen MR) is 147 cm³/mol. The summed E-state index contributed by atoms with van der Waals surface area (Å²) in [7, 11) is 5.36. The van der Waals surface area contributed by atoms with Gasteiger partial charge in [-0.2, -0.15) is 5.10 Å². The number of aromatic nitrogens is 6. The van der Waals surface area contributed by atoms with E-state index in [-0.39, 0.29) is 0 Å². The van der Waals surface area contributed by atoms with E-state index in [1.54, 1.807) is 26.6 Å². The van der Waals surface area contributed by atoms with Crippen LogP contribution in [0, 0.1) is 12.3 Å². The van der Waals surface area contributed by atoms with E-state index in [1.807, 2.05) is 30.3 Å². The minimum absolute atomic E-state index is 0.487. The number of rotatable bonds is 10. The number of nitrogens with zero attached hydrogens (tertiary/aromatic N) is 5. The molecule has 38 heavy (non-hydrogen) atoms. The molecule has 0 atom stereocenters. The van der Waals surface area contributed by atoms with Gasteiger partial charge in [-0.15, -0.1) is 6.42 Å². The second kappa shape index (κ2) is 11.1. The molecule has 0 saturated heterocycles. The van der Waals surface area contributed by atoms with Crippen LogP contribution < -0.4 is 10.1 Å². The zero-order chi connectivity index (χ0) is 26.5. The van der Waals surface area contributed by atoms with Crippen molar-refractivity contribution < 1.29 is 9.47 Å². The highest BCUT2D eigenvalue weighted by Crippen LogP contribution is 2.32. The summed E-state index contributed by atoms with van der Waals surface area (Å²) in [6.07, 6.45) is 8.86. The first-order chi connectivity index (χ1) is 18.6. The zero-order valence-corrected chi connectivity index (χ0v) is 21.4. The van der Waals surface area contributed by atoms with Crippen LogP contribution in [0.5, 0.6) is 5.75 Å². The molecule has 0 unspecified atom stereocenters. The smallest absolute Gasteiger partial charge is 0.179 e. The maximum Gasteiger partial charge on any atom is 0.179 e. The molecule has 5 aromatic rings. The maximum absolute atomic E-state index is 5.56. The van der Waals surface area contributed by atoms with Gasteiger partial charge in [0.25, 0.3) is 0 Å². The van der Waals surface area contributed by atoms with Crippen molar-refractivity contribution in [3.05, 3.63) is 66.0 Å². The van der Waals surface area contributed by atoms with Gasteiger partial charge in [0.15, 0.2) is 23.2 Å². The van der Waals surface area contributed by atoms with Crippen LogP contribution >= 0.6 is 0 Å². The van der Waals surface area contributed by atoms with Crippen LogP contribution in [0.2, 0.25) is 0 Å². The second-order valence-corrected chi connectivity index (χ2v) is 8.79. The molecule has 3 heterocycles. The number of hydrogen-bond donors (Lipinski definition) is 3. The molecule has 0 amide bonds. The molecule has 5 rings (SSSR count). The van der Waals surface area contributed by atoms with E-state index in [4.69, 9.17) is 25.9 Å². The van der Waals surface area contributed by atoms with Gasteiger partial charge in [-0.25, -0.2) is 15.0 Å². The number of terminal acetylenes is 1. The molecule has 10 nitrogen and oxygen atoms in total. The van der Waals surface area contributed by atoms with Crippen LogP contribution in [0.4, 0.5) is 11.5 Å². The van der Waals surface area contributed by atoms with Crippen molar-refractivity contribution in [3.63, 3.8) is 0 Å². The van der Waals surface area contributed by atoms with Crippen molar-refractivity contribution >= 4 is 22.5 Å². The molecule has 0 saturated carbocycles. The average molecular weight is 509 g/mol. The number of anilines is 2. The Hall–Kier alpha value is -4.72. The third-order valence-electron chi connectivity index (χ3n) is 6.07. The number of imidazole rings is 1. The molecule has 3 aromatic heterocycles. The lowest BCUT2D eigenvalue weighted by Crippen LogP contribution is -2.22. The Kier molecular flexibility index (Phi) is 7.31. The van der Waals surface area contributed by atoms with Gasteiger partial charge in [0.1, 0.15) is 5.69 Å². The summed E-state index contributed by atoms with van der Waals surface area (Å²) in [4.78, 5) is 19.5. The van der Waals surface area contributed by atoms with E-state index in [1.165, 1.54) is 5.56 Å². The minimum Gasteiger partial charge on any atom is -0.491 e. The highest BCUT2D eigenvalue weighted by atomic mass is 16.5. The molecule has 2 aromatic carbocycles. The number of fused-ring (bicyclic) bond motifs is 1. The Morgan fingerprint density at radius 1 is 1.11 bits per heavy atom. The highest BCUT2D eigenvalue weighted by Gasteiger charge is 2.17. The molecule has 0 spiro atoms. The second-order valence-electron chi connectivity index (χ2n) is 8.79. The SMILES string of the molecule is C#Cc1cccc(-c2ncc(OC)c(Nc3cn[nH]c3-c3nc4ccc(CN(C)CCOC)cc4[nH]3)n2)c1. The molecular formula is C28H28N8O2. The van der Waals surface area contributed by atoms with Gasteiger partial charge in [0.2, 0.25) is 0 Å². The van der Waals surface area contributed by atoms with Crippen molar-refractivity contribution in [1.82, 2.24) is 35.0 Å². The van der Waals surface area contributed by atoms with Crippen LogP contribution in [0.15, 0.2) is 54.9 Å². The fourth-order valence-corrected chi connectivity index (χ4v) is 4.10. The number of hydrogen-bond acceptors (Lipinski definition) is 8. The fourth-order valence-electron chi connectivity index (χ4n) is 4.10. The number of nitrogens with one attached hydrogen (secondary N) is 3.